The summed E-state index contributed by atoms with van der Waals surface area (Å²) in [6, 6.07) is 2.13. The van der Waals surface area contributed by atoms with Crippen LogP contribution >= 0.6 is 0 Å². The van der Waals surface area contributed by atoms with E-state index in [9.17, 15) is 0 Å². The number of hydrogen-bond acceptors (Lipinski definition) is 3. The van der Waals surface area contributed by atoms with Crippen molar-refractivity contribution in [2.75, 3.05) is 0 Å². The minimum atomic E-state index is 0.545. The smallest absolute Gasteiger partial charge is 0.0677 e. The summed E-state index contributed by atoms with van der Waals surface area (Å²) in [4.78, 5) is 4.19. The molecular formula is C13H18N4. The molecule has 0 spiro atoms. The van der Waals surface area contributed by atoms with Crippen molar-refractivity contribution in [3.8, 4) is 0 Å². The van der Waals surface area contributed by atoms with Gasteiger partial charge in [-0.2, -0.15) is 5.10 Å². The Hall–Kier alpha value is -1.68. The molecule has 0 fully saturated rings. The Morgan fingerprint density at radius 1 is 1.24 bits per heavy atom. The normalized spacial score (nSPS) is 10.8. The van der Waals surface area contributed by atoms with E-state index in [0.717, 1.165) is 23.5 Å². The van der Waals surface area contributed by atoms with Crippen molar-refractivity contribution in [3.63, 3.8) is 0 Å². The minimum Gasteiger partial charge on any atom is -0.326 e. The van der Waals surface area contributed by atoms with E-state index in [0.29, 0.717) is 6.54 Å². The van der Waals surface area contributed by atoms with Crippen molar-refractivity contribution < 1.29 is 0 Å². The highest BCUT2D eigenvalue weighted by atomic mass is 15.3. The average Bonchev–Trinajstić information content (AvgIpc) is 2.54. The monoisotopic (exact) mass is 230 g/mol. The summed E-state index contributed by atoms with van der Waals surface area (Å²) >= 11 is 0. The molecule has 0 atom stereocenters. The SMILES string of the molecule is Cc1cncc(Cn2nc(C)c(CN)c2C)c1. The standard InChI is InChI=1S/C13H18N4/c1-9-4-12(7-15-6-9)8-17-11(3)13(5-14)10(2)16-17/h4,6-7H,5,8,14H2,1-3H3. The van der Waals surface area contributed by atoms with Gasteiger partial charge in [0.15, 0.2) is 0 Å². The van der Waals surface area contributed by atoms with Gasteiger partial charge in [-0.05, 0) is 31.9 Å². The summed E-state index contributed by atoms with van der Waals surface area (Å²) in [6.45, 7) is 7.40. The maximum absolute atomic E-state index is 5.72. The molecular weight excluding hydrogens is 212 g/mol. The van der Waals surface area contributed by atoms with Gasteiger partial charge in [0.1, 0.15) is 0 Å². The van der Waals surface area contributed by atoms with Crippen molar-refractivity contribution in [1.29, 1.82) is 0 Å². The second-order valence-corrected chi connectivity index (χ2v) is 4.38. The van der Waals surface area contributed by atoms with Crippen molar-refractivity contribution >= 4 is 0 Å². The summed E-state index contributed by atoms with van der Waals surface area (Å²) in [7, 11) is 0. The Kier molecular flexibility index (Phi) is 3.24. The van der Waals surface area contributed by atoms with Gasteiger partial charge >= 0.3 is 0 Å². The highest BCUT2D eigenvalue weighted by Gasteiger charge is 2.10. The molecule has 0 unspecified atom stereocenters. The second-order valence-electron chi connectivity index (χ2n) is 4.38. The molecule has 0 saturated heterocycles. The van der Waals surface area contributed by atoms with Gasteiger partial charge in [-0.3, -0.25) is 9.67 Å². The Morgan fingerprint density at radius 2 is 2.00 bits per heavy atom. The minimum absolute atomic E-state index is 0.545. The van der Waals surface area contributed by atoms with Crippen LogP contribution in [0.4, 0.5) is 0 Å². The Morgan fingerprint density at radius 3 is 2.59 bits per heavy atom. The van der Waals surface area contributed by atoms with Crippen LogP contribution in [0.2, 0.25) is 0 Å². The Balaban J connectivity index is 2.30. The molecule has 4 heteroatoms. The molecule has 0 bridgehead atoms. The number of nitrogens with zero attached hydrogens (tertiary/aromatic N) is 3. The molecule has 4 nitrogen and oxygen atoms in total. The molecule has 90 valence electrons. The maximum Gasteiger partial charge on any atom is 0.0677 e. The molecule has 2 N–H and O–H groups in total. The van der Waals surface area contributed by atoms with Crippen LogP contribution in [0.3, 0.4) is 0 Å². The molecule has 0 radical (unpaired) electrons. The highest BCUT2D eigenvalue weighted by Crippen LogP contribution is 2.14. The van der Waals surface area contributed by atoms with Crippen LogP contribution < -0.4 is 5.73 Å². The van der Waals surface area contributed by atoms with Gasteiger partial charge in [0.05, 0.1) is 12.2 Å². The zero-order chi connectivity index (χ0) is 12.4. The van der Waals surface area contributed by atoms with Crippen LogP contribution in [0.1, 0.15) is 28.1 Å². The van der Waals surface area contributed by atoms with E-state index < -0.39 is 0 Å². The molecule has 0 aliphatic rings. The van der Waals surface area contributed by atoms with E-state index in [1.807, 2.05) is 30.9 Å². The van der Waals surface area contributed by atoms with Gasteiger partial charge in [-0.25, -0.2) is 0 Å². The zero-order valence-corrected chi connectivity index (χ0v) is 10.6. The van der Waals surface area contributed by atoms with E-state index in [4.69, 9.17) is 5.73 Å². The highest BCUT2D eigenvalue weighted by molar-refractivity contribution is 5.25. The Labute approximate surface area is 101 Å². The molecule has 17 heavy (non-hydrogen) atoms. The lowest BCUT2D eigenvalue weighted by Gasteiger charge is -2.05. The van der Waals surface area contributed by atoms with Gasteiger partial charge in [0.2, 0.25) is 0 Å². The number of aromatic nitrogens is 3. The molecule has 2 aromatic rings. The van der Waals surface area contributed by atoms with E-state index in [1.165, 1.54) is 11.1 Å². The van der Waals surface area contributed by atoms with E-state index in [1.54, 1.807) is 0 Å². The van der Waals surface area contributed by atoms with E-state index in [-0.39, 0.29) is 0 Å². The first kappa shape index (κ1) is 11.8. The van der Waals surface area contributed by atoms with Crippen LogP contribution in [0.5, 0.6) is 0 Å². The fourth-order valence-corrected chi connectivity index (χ4v) is 2.06. The van der Waals surface area contributed by atoms with E-state index in [2.05, 4.69) is 23.1 Å². The van der Waals surface area contributed by atoms with Gasteiger partial charge in [-0.1, -0.05) is 6.07 Å². The molecule has 2 aromatic heterocycles. The van der Waals surface area contributed by atoms with Crippen molar-refractivity contribution in [2.24, 2.45) is 5.73 Å². The van der Waals surface area contributed by atoms with E-state index >= 15 is 0 Å². The summed E-state index contributed by atoms with van der Waals surface area (Å²) < 4.78 is 1.99. The number of nitrogens with two attached hydrogens (primary N) is 1. The molecule has 2 heterocycles. The zero-order valence-electron chi connectivity index (χ0n) is 10.6. The summed E-state index contributed by atoms with van der Waals surface area (Å²) in [6.07, 6.45) is 3.74. The molecule has 0 aliphatic heterocycles. The lowest BCUT2D eigenvalue weighted by atomic mass is 10.2. The van der Waals surface area contributed by atoms with Gasteiger partial charge < -0.3 is 5.73 Å². The van der Waals surface area contributed by atoms with Crippen LogP contribution in [0.25, 0.3) is 0 Å². The summed E-state index contributed by atoms with van der Waals surface area (Å²) in [5.74, 6) is 0. The van der Waals surface area contributed by atoms with Crippen LogP contribution in [-0.2, 0) is 13.1 Å². The maximum atomic E-state index is 5.72. The topological polar surface area (TPSA) is 56.7 Å². The van der Waals surface area contributed by atoms with Crippen LogP contribution in [0, 0.1) is 20.8 Å². The average molecular weight is 230 g/mol. The predicted octanol–water partition coefficient (Wildman–Crippen LogP) is 1.71. The lowest BCUT2D eigenvalue weighted by Crippen LogP contribution is -2.06. The van der Waals surface area contributed by atoms with Crippen LogP contribution in [-0.4, -0.2) is 14.8 Å². The third kappa shape index (κ3) is 2.36. The van der Waals surface area contributed by atoms with Gasteiger partial charge in [0, 0.05) is 30.2 Å². The summed E-state index contributed by atoms with van der Waals surface area (Å²) in [5.41, 5.74) is 11.4. The van der Waals surface area contributed by atoms with Crippen molar-refractivity contribution in [2.45, 2.75) is 33.9 Å². The lowest BCUT2D eigenvalue weighted by molar-refractivity contribution is 0.656. The third-order valence-electron chi connectivity index (χ3n) is 3.00. The van der Waals surface area contributed by atoms with Crippen molar-refractivity contribution in [3.05, 3.63) is 46.5 Å². The molecule has 0 aromatic carbocycles. The fourth-order valence-electron chi connectivity index (χ4n) is 2.06. The molecule has 0 amide bonds. The number of hydrogen-bond donors (Lipinski definition) is 1. The quantitative estimate of drug-likeness (QED) is 0.873. The van der Waals surface area contributed by atoms with Gasteiger partial charge in [-0.15, -0.1) is 0 Å². The largest absolute Gasteiger partial charge is 0.326 e. The van der Waals surface area contributed by atoms with Crippen LogP contribution in [0.15, 0.2) is 18.5 Å². The fraction of sp³-hybridized carbons (Fsp3) is 0.385. The number of rotatable bonds is 3. The Bertz CT molecular complexity index is 528. The third-order valence-corrected chi connectivity index (χ3v) is 3.00. The molecule has 0 saturated carbocycles. The second kappa shape index (κ2) is 4.67. The first-order chi connectivity index (χ1) is 8.11. The first-order valence-corrected chi connectivity index (χ1v) is 5.75. The summed E-state index contributed by atoms with van der Waals surface area (Å²) in [5, 5.41) is 4.51. The van der Waals surface area contributed by atoms with Crippen molar-refractivity contribution in [1.82, 2.24) is 14.8 Å². The molecule has 2 rings (SSSR count). The molecule has 0 aliphatic carbocycles. The number of aryl methyl sites for hydroxylation is 2. The number of pyridine rings is 1. The predicted molar refractivity (Wildman–Crippen MR) is 67.7 cm³/mol. The van der Waals surface area contributed by atoms with Gasteiger partial charge in [0.25, 0.3) is 0 Å². The first-order valence-electron chi connectivity index (χ1n) is 5.75.